The average Bonchev–Trinajstić information content (AvgIpc) is 2.83. The number of methoxy groups -OCH3 is 4. The molecule has 0 radical (unpaired) electrons. The molecule has 0 saturated carbocycles. The summed E-state index contributed by atoms with van der Waals surface area (Å²) in [5.74, 6) is 1.89. The maximum atomic E-state index is 12.9. The normalized spacial score (nSPS) is 11.4. The van der Waals surface area contributed by atoms with Crippen LogP contribution in [0.2, 0.25) is 10.0 Å². The van der Waals surface area contributed by atoms with E-state index >= 15 is 0 Å². The molecule has 3 aromatic rings. The number of nitrogens with one attached hydrogen (secondary N) is 1. The van der Waals surface area contributed by atoms with Crippen molar-refractivity contribution in [2.24, 2.45) is 0 Å². The highest BCUT2D eigenvalue weighted by Gasteiger charge is 2.18. The predicted octanol–water partition coefficient (Wildman–Crippen LogP) is 6.00. The van der Waals surface area contributed by atoms with Gasteiger partial charge in [-0.05, 0) is 53.6 Å². The molecule has 0 aliphatic rings. The molecule has 3 aromatic carbocycles. The molecule has 0 aliphatic heterocycles. The van der Waals surface area contributed by atoms with Crippen LogP contribution in [0.4, 0.5) is 5.69 Å². The molecule has 3 rings (SSSR count). The lowest BCUT2D eigenvalue weighted by atomic mass is 10.1. The monoisotopic (exact) mass is 523 g/mol. The van der Waals surface area contributed by atoms with Gasteiger partial charge in [-0.3, -0.25) is 4.72 Å². The van der Waals surface area contributed by atoms with Crippen molar-refractivity contribution < 1.29 is 27.4 Å². The molecule has 0 atom stereocenters. The van der Waals surface area contributed by atoms with Crippen LogP contribution in [0.3, 0.4) is 0 Å². The van der Waals surface area contributed by atoms with Crippen LogP contribution in [0.25, 0.3) is 12.2 Å². The van der Waals surface area contributed by atoms with Crippen LogP contribution in [-0.4, -0.2) is 36.9 Å². The Morgan fingerprint density at radius 1 is 0.706 bits per heavy atom. The van der Waals surface area contributed by atoms with Crippen molar-refractivity contribution in [3.63, 3.8) is 0 Å². The molecule has 0 unspecified atom stereocenters. The second kappa shape index (κ2) is 10.9. The van der Waals surface area contributed by atoms with Gasteiger partial charge in [0.15, 0.2) is 11.5 Å². The van der Waals surface area contributed by atoms with Crippen LogP contribution in [0.5, 0.6) is 23.0 Å². The van der Waals surface area contributed by atoms with Gasteiger partial charge in [-0.15, -0.1) is 0 Å². The van der Waals surface area contributed by atoms with Crippen LogP contribution in [0.1, 0.15) is 11.1 Å². The number of hydrogen-bond donors (Lipinski definition) is 1. The molecule has 0 fully saturated rings. The third-order valence-electron chi connectivity index (χ3n) is 4.82. The van der Waals surface area contributed by atoms with Gasteiger partial charge >= 0.3 is 0 Å². The highest BCUT2D eigenvalue weighted by atomic mass is 35.5. The molecule has 7 nitrogen and oxygen atoms in total. The summed E-state index contributed by atoms with van der Waals surface area (Å²) in [6.45, 7) is 0. The Balaban J connectivity index is 1.94. The molecule has 1 N–H and O–H groups in total. The number of benzene rings is 3. The van der Waals surface area contributed by atoms with E-state index < -0.39 is 10.0 Å². The van der Waals surface area contributed by atoms with E-state index in [1.54, 1.807) is 44.6 Å². The van der Waals surface area contributed by atoms with Crippen molar-refractivity contribution in [3.8, 4) is 23.0 Å². The van der Waals surface area contributed by atoms with Crippen molar-refractivity contribution in [2.75, 3.05) is 33.2 Å². The quantitative estimate of drug-likeness (QED) is 0.346. The predicted molar refractivity (Wildman–Crippen MR) is 135 cm³/mol. The molecular formula is C24H23Cl2NO6S. The Bertz CT molecular complexity index is 1300. The standard InChI is InChI=1S/C24H23Cl2NO6S/c1-30-21-10-7-15(5-6-16-12-22(31-2)24(33-4)23(13-16)32-3)11-20(21)27-34(28,29)17-8-9-18(25)19(26)14-17/h5-14,27H,1-4H3. The lowest BCUT2D eigenvalue weighted by Gasteiger charge is -2.14. The van der Waals surface area contributed by atoms with Gasteiger partial charge in [-0.1, -0.05) is 41.4 Å². The van der Waals surface area contributed by atoms with Gasteiger partial charge in [0.1, 0.15) is 5.75 Å². The van der Waals surface area contributed by atoms with Gasteiger partial charge < -0.3 is 18.9 Å². The SMILES string of the molecule is COc1ccc(C=Cc2cc(OC)c(OC)c(OC)c2)cc1NS(=O)(=O)c1ccc(Cl)c(Cl)c1. The zero-order chi connectivity index (χ0) is 24.9. The fourth-order valence-corrected chi connectivity index (χ4v) is 4.60. The largest absolute Gasteiger partial charge is 0.495 e. The number of sulfonamides is 1. The summed E-state index contributed by atoms with van der Waals surface area (Å²) in [7, 11) is 2.14. The zero-order valence-electron chi connectivity index (χ0n) is 18.9. The topological polar surface area (TPSA) is 83.1 Å². The lowest BCUT2D eigenvalue weighted by molar-refractivity contribution is 0.324. The van der Waals surface area contributed by atoms with Crippen molar-refractivity contribution in [2.45, 2.75) is 4.90 Å². The molecule has 0 bridgehead atoms. The maximum absolute atomic E-state index is 12.9. The van der Waals surface area contributed by atoms with E-state index in [2.05, 4.69) is 4.72 Å². The van der Waals surface area contributed by atoms with E-state index in [1.807, 2.05) is 12.2 Å². The molecule has 180 valence electrons. The van der Waals surface area contributed by atoms with Crippen LogP contribution >= 0.6 is 23.2 Å². The van der Waals surface area contributed by atoms with Crippen molar-refractivity contribution in [3.05, 3.63) is 69.7 Å². The van der Waals surface area contributed by atoms with Gasteiger partial charge in [0.05, 0.1) is 49.1 Å². The summed E-state index contributed by atoms with van der Waals surface area (Å²) < 4.78 is 49.8. The van der Waals surface area contributed by atoms with Crippen LogP contribution < -0.4 is 23.7 Å². The van der Waals surface area contributed by atoms with Gasteiger partial charge in [-0.2, -0.15) is 0 Å². The molecule has 0 heterocycles. The summed E-state index contributed by atoms with van der Waals surface area (Å²) in [5, 5.41) is 0.399. The van der Waals surface area contributed by atoms with E-state index in [-0.39, 0.29) is 20.6 Å². The maximum Gasteiger partial charge on any atom is 0.262 e. The Labute approximate surface area is 208 Å². The zero-order valence-corrected chi connectivity index (χ0v) is 21.2. The first-order chi connectivity index (χ1) is 16.2. The molecular weight excluding hydrogens is 501 g/mol. The third-order valence-corrected chi connectivity index (χ3v) is 6.93. The number of anilines is 1. The smallest absolute Gasteiger partial charge is 0.262 e. The molecule has 0 amide bonds. The second-order valence-electron chi connectivity index (χ2n) is 6.93. The first-order valence-corrected chi connectivity index (χ1v) is 12.1. The molecule has 10 heteroatoms. The summed E-state index contributed by atoms with van der Waals surface area (Å²) in [5.41, 5.74) is 1.78. The summed E-state index contributed by atoms with van der Waals surface area (Å²) in [6.07, 6.45) is 3.65. The Hall–Kier alpha value is -3.07. The Morgan fingerprint density at radius 3 is 1.88 bits per heavy atom. The van der Waals surface area contributed by atoms with Crippen molar-refractivity contribution in [1.82, 2.24) is 0 Å². The molecule has 0 aromatic heterocycles. The molecule has 0 aliphatic carbocycles. The summed E-state index contributed by atoms with van der Waals surface area (Å²) in [6, 6.07) is 12.8. The second-order valence-corrected chi connectivity index (χ2v) is 9.43. The summed E-state index contributed by atoms with van der Waals surface area (Å²) in [4.78, 5) is -0.0256. The van der Waals surface area contributed by atoms with Gasteiger partial charge in [-0.25, -0.2) is 8.42 Å². The van der Waals surface area contributed by atoms with Gasteiger partial charge in [0.2, 0.25) is 5.75 Å². The minimum Gasteiger partial charge on any atom is -0.495 e. The minimum absolute atomic E-state index is 0.0256. The van der Waals surface area contributed by atoms with Gasteiger partial charge in [0.25, 0.3) is 10.0 Å². The van der Waals surface area contributed by atoms with E-state index in [9.17, 15) is 8.42 Å². The summed E-state index contributed by atoms with van der Waals surface area (Å²) >= 11 is 11.9. The number of rotatable bonds is 9. The highest BCUT2D eigenvalue weighted by molar-refractivity contribution is 7.92. The lowest BCUT2D eigenvalue weighted by Crippen LogP contribution is -2.13. The molecule has 0 saturated heterocycles. The molecule has 34 heavy (non-hydrogen) atoms. The number of ether oxygens (including phenoxy) is 4. The van der Waals surface area contributed by atoms with E-state index in [0.717, 1.165) is 11.1 Å². The van der Waals surface area contributed by atoms with Gasteiger partial charge in [0, 0.05) is 0 Å². The fraction of sp³-hybridized carbons (Fsp3) is 0.167. The van der Waals surface area contributed by atoms with Crippen LogP contribution in [0.15, 0.2) is 53.4 Å². The Morgan fingerprint density at radius 2 is 1.32 bits per heavy atom. The van der Waals surface area contributed by atoms with Crippen LogP contribution in [0, 0.1) is 0 Å². The third kappa shape index (κ3) is 5.70. The van der Waals surface area contributed by atoms with Crippen LogP contribution in [-0.2, 0) is 10.0 Å². The van der Waals surface area contributed by atoms with Crippen molar-refractivity contribution >= 4 is 51.1 Å². The Kier molecular flexibility index (Phi) is 8.19. The van der Waals surface area contributed by atoms with E-state index in [0.29, 0.717) is 23.0 Å². The van der Waals surface area contributed by atoms with Crippen molar-refractivity contribution in [1.29, 1.82) is 0 Å². The first kappa shape index (κ1) is 25.6. The average molecular weight is 524 g/mol. The number of halogens is 2. The first-order valence-electron chi connectivity index (χ1n) is 9.86. The van der Waals surface area contributed by atoms with E-state index in [1.165, 1.54) is 32.4 Å². The number of hydrogen-bond acceptors (Lipinski definition) is 6. The highest BCUT2D eigenvalue weighted by Crippen LogP contribution is 2.39. The van der Waals surface area contributed by atoms with E-state index in [4.69, 9.17) is 42.1 Å². The molecule has 0 spiro atoms. The fourth-order valence-electron chi connectivity index (χ4n) is 3.15. The minimum atomic E-state index is -3.94.